The van der Waals surface area contributed by atoms with Gasteiger partial charge in [0.05, 0.1) is 6.20 Å². The summed E-state index contributed by atoms with van der Waals surface area (Å²) in [6, 6.07) is 2.72. The van der Waals surface area contributed by atoms with Crippen molar-refractivity contribution in [2.24, 2.45) is 0 Å². The van der Waals surface area contributed by atoms with E-state index < -0.39 is 0 Å². The van der Waals surface area contributed by atoms with Crippen LogP contribution in [0.3, 0.4) is 0 Å². The van der Waals surface area contributed by atoms with E-state index in [-0.39, 0.29) is 0 Å². The molecule has 1 rings (SSSR count). The van der Waals surface area contributed by atoms with E-state index in [9.17, 15) is 0 Å². The molecule has 0 unspecified atom stereocenters. The molecule has 1 aromatic rings. The lowest BCUT2D eigenvalue weighted by atomic mass is 10.5. The molecule has 0 aliphatic heterocycles. The number of aryl methyl sites for hydroxylation is 1. The minimum Gasteiger partial charge on any atom is -0.361 e. The highest BCUT2D eigenvalue weighted by molar-refractivity contribution is 4.83. The van der Waals surface area contributed by atoms with E-state index in [1.807, 2.05) is 0 Å². The van der Waals surface area contributed by atoms with Gasteiger partial charge >= 0.3 is 0 Å². The van der Waals surface area contributed by atoms with E-state index in [1.165, 1.54) is 6.20 Å². The molecule has 1 aromatic heterocycles. The van der Waals surface area contributed by atoms with Crippen LogP contribution in [0.25, 0.3) is 0 Å². The average Bonchev–Trinajstić information content (AvgIpc) is 1.86. The van der Waals surface area contributed by atoms with Crippen LogP contribution in [0, 0.1) is 13.0 Å². The van der Waals surface area contributed by atoms with Crippen LogP contribution in [-0.2, 0) is 0 Å². The van der Waals surface area contributed by atoms with E-state index in [1.54, 1.807) is 6.92 Å². The molecule has 6 heavy (non-hydrogen) atoms. The van der Waals surface area contributed by atoms with Crippen LogP contribution < -0.4 is 0 Å². The third-order valence-electron chi connectivity index (χ3n) is 0.510. The minimum atomic E-state index is 0.731. The topological polar surface area (TPSA) is 26.0 Å². The van der Waals surface area contributed by atoms with Crippen molar-refractivity contribution in [1.29, 1.82) is 0 Å². The summed E-state index contributed by atoms with van der Waals surface area (Å²) >= 11 is 0. The number of rotatable bonds is 0. The van der Waals surface area contributed by atoms with Crippen LogP contribution in [-0.4, -0.2) is 5.16 Å². The van der Waals surface area contributed by atoms with Gasteiger partial charge in [-0.2, -0.15) is 0 Å². The summed E-state index contributed by atoms with van der Waals surface area (Å²) in [7, 11) is 0. The van der Waals surface area contributed by atoms with E-state index >= 15 is 0 Å². The van der Waals surface area contributed by atoms with Gasteiger partial charge in [-0.15, -0.1) is 0 Å². The molecule has 0 N–H and O–H groups in total. The largest absolute Gasteiger partial charge is 0.361 e. The van der Waals surface area contributed by atoms with Gasteiger partial charge in [-0.25, -0.2) is 0 Å². The molecule has 2 nitrogen and oxygen atoms in total. The predicted octanol–water partition coefficient (Wildman–Crippen LogP) is 0.783. The highest BCUT2D eigenvalue weighted by Crippen LogP contribution is 1.87. The second kappa shape index (κ2) is 1.12. The molecule has 1 radical (unpaired) electrons. The quantitative estimate of drug-likeness (QED) is 0.462. The summed E-state index contributed by atoms with van der Waals surface area (Å²) in [5.41, 5.74) is 0. The molecule has 0 bridgehead atoms. The summed E-state index contributed by atoms with van der Waals surface area (Å²) < 4.78 is 4.53. The van der Waals surface area contributed by atoms with Crippen molar-refractivity contribution in [3.05, 3.63) is 18.0 Å². The first-order valence-electron chi connectivity index (χ1n) is 1.68. The average molecular weight is 82.1 g/mol. The normalized spacial score (nSPS) is 8.83. The van der Waals surface area contributed by atoms with E-state index in [4.69, 9.17) is 0 Å². The maximum atomic E-state index is 4.53. The zero-order valence-corrected chi connectivity index (χ0v) is 3.43. The molecule has 31 valence electrons. The second-order valence-corrected chi connectivity index (χ2v) is 1.03. The fourth-order valence-corrected chi connectivity index (χ4v) is 0.249. The Morgan fingerprint density at radius 2 is 2.83 bits per heavy atom. The standard InChI is InChI=1S/C4H4NO/c1-4-2-3-5-6-4/h3H,1H3. The van der Waals surface area contributed by atoms with Gasteiger partial charge in [-0.05, 0) is 6.92 Å². The molecular formula is C4H4NO. The molecular weight excluding hydrogens is 78.0 g/mol. The number of hydrogen-bond donors (Lipinski definition) is 0. The highest BCUT2D eigenvalue weighted by Gasteiger charge is 1.79. The summed E-state index contributed by atoms with van der Waals surface area (Å²) in [5, 5.41) is 3.39. The Hall–Kier alpha value is -0.790. The van der Waals surface area contributed by atoms with Crippen molar-refractivity contribution in [1.82, 2.24) is 5.16 Å². The Morgan fingerprint density at radius 1 is 2.00 bits per heavy atom. The Bertz CT molecular complexity index is 111. The Kier molecular flexibility index (Phi) is 0.638. The molecule has 0 amide bonds. The third kappa shape index (κ3) is 0.407. The smallest absolute Gasteiger partial charge is 0.141 e. The molecule has 0 saturated carbocycles. The first-order valence-corrected chi connectivity index (χ1v) is 1.68. The lowest BCUT2D eigenvalue weighted by molar-refractivity contribution is 0.397. The van der Waals surface area contributed by atoms with Gasteiger partial charge in [0.2, 0.25) is 0 Å². The van der Waals surface area contributed by atoms with E-state index in [0.717, 1.165) is 5.76 Å². The molecule has 0 aliphatic rings. The van der Waals surface area contributed by atoms with Crippen molar-refractivity contribution < 1.29 is 4.52 Å². The molecule has 1 heterocycles. The number of aromatic nitrogens is 1. The van der Waals surface area contributed by atoms with Gasteiger partial charge in [-0.3, -0.25) is 0 Å². The van der Waals surface area contributed by atoms with Crippen molar-refractivity contribution in [2.75, 3.05) is 0 Å². The zero-order valence-electron chi connectivity index (χ0n) is 3.43. The van der Waals surface area contributed by atoms with Crippen molar-refractivity contribution >= 4 is 0 Å². The van der Waals surface area contributed by atoms with Crippen LogP contribution in [0.15, 0.2) is 10.7 Å². The van der Waals surface area contributed by atoms with Gasteiger partial charge < -0.3 is 4.52 Å². The number of hydrogen-bond acceptors (Lipinski definition) is 2. The van der Waals surface area contributed by atoms with E-state index in [0.29, 0.717) is 0 Å². The van der Waals surface area contributed by atoms with Crippen LogP contribution in [0.2, 0.25) is 0 Å². The Balaban J connectivity index is 3.05. The van der Waals surface area contributed by atoms with Crippen LogP contribution in [0.4, 0.5) is 0 Å². The van der Waals surface area contributed by atoms with Gasteiger partial charge in [0.15, 0.2) is 0 Å². The number of nitrogens with zero attached hydrogens (tertiary/aromatic N) is 1. The fraction of sp³-hybridized carbons (Fsp3) is 0.250. The molecule has 0 aromatic carbocycles. The Labute approximate surface area is 35.8 Å². The predicted molar refractivity (Wildman–Crippen MR) is 20.1 cm³/mol. The first kappa shape index (κ1) is 3.40. The molecule has 0 aliphatic carbocycles. The molecule has 2 heteroatoms. The maximum Gasteiger partial charge on any atom is 0.141 e. The lowest BCUT2D eigenvalue weighted by Gasteiger charge is -1.64. The molecule has 0 saturated heterocycles. The monoisotopic (exact) mass is 82.0 g/mol. The van der Waals surface area contributed by atoms with Crippen LogP contribution in [0.5, 0.6) is 0 Å². The summed E-state index contributed by atoms with van der Waals surface area (Å²) in [6.07, 6.45) is 1.50. The highest BCUT2D eigenvalue weighted by atomic mass is 16.5. The van der Waals surface area contributed by atoms with Crippen molar-refractivity contribution in [2.45, 2.75) is 6.92 Å². The minimum absolute atomic E-state index is 0.731. The maximum absolute atomic E-state index is 4.53. The summed E-state index contributed by atoms with van der Waals surface area (Å²) in [4.78, 5) is 0. The van der Waals surface area contributed by atoms with Gasteiger partial charge in [0.25, 0.3) is 0 Å². The molecule has 0 fully saturated rings. The summed E-state index contributed by atoms with van der Waals surface area (Å²) in [5.74, 6) is 0.731. The van der Waals surface area contributed by atoms with Crippen molar-refractivity contribution in [3.63, 3.8) is 0 Å². The zero-order chi connectivity index (χ0) is 4.41. The Morgan fingerprint density at radius 3 is 3.00 bits per heavy atom. The SMILES string of the molecule is Cc1[c]cno1. The van der Waals surface area contributed by atoms with Crippen molar-refractivity contribution in [3.8, 4) is 0 Å². The van der Waals surface area contributed by atoms with Crippen LogP contribution in [0.1, 0.15) is 5.76 Å². The second-order valence-electron chi connectivity index (χ2n) is 1.03. The van der Waals surface area contributed by atoms with Crippen LogP contribution >= 0.6 is 0 Å². The van der Waals surface area contributed by atoms with Gasteiger partial charge in [0.1, 0.15) is 5.76 Å². The molecule has 0 atom stereocenters. The summed E-state index contributed by atoms with van der Waals surface area (Å²) in [6.45, 7) is 1.80. The molecule has 0 spiro atoms. The third-order valence-corrected chi connectivity index (χ3v) is 0.510. The van der Waals surface area contributed by atoms with E-state index in [2.05, 4.69) is 15.7 Å². The fourth-order valence-electron chi connectivity index (χ4n) is 0.249. The van der Waals surface area contributed by atoms with Gasteiger partial charge in [-0.1, -0.05) is 5.16 Å². The first-order chi connectivity index (χ1) is 2.89. The lowest BCUT2D eigenvalue weighted by Crippen LogP contribution is -1.51. The van der Waals surface area contributed by atoms with Gasteiger partial charge in [0, 0.05) is 6.07 Å².